The molecule has 1 atom stereocenters. The summed E-state index contributed by atoms with van der Waals surface area (Å²) in [5.74, 6) is -1.32. The molecule has 0 bridgehead atoms. The number of nitrogens with two attached hydrogens (primary N) is 1. The Bertz CT molecular complexity index is 946. The van der Waals surface area contributed by atoms with Crippen LogP contribution in [-0.4, -0.2) is 29.3 Å². The van der Waals surface area contributed by atoms with Gasteiger partial charge in [-0.1, -0.05) is 42.5 Å². The van der Waals surface area contributed by atoms with E-state index in [1.54, 1.807) is 33.8 Å². The topological polar surface area (TPSA) is 81.8 Å². The fraction of sp³-hybridized carbons (Fsp3) is 0.381. The van der Waals surface area contributed by atoms with Gasteiger partial charge in [-0.3, -0.25) is 4.79 Å². The van der Waals surface area contributed by atoms with Crippen molar-refractivity contribution in [3.8, 4) is 0 Å². The van der Waals surface area contributed by atoms with Crippen molar-refractivity contribution < 1.29 is 32.4 Å². The predicted octanol–water partition coefficient (Wildman–Crippen LogP) is 2.73. The van der Waals surface area contributed by atoms with E-state index in [2.05, 4.69) is 0 Å². The van der Waals surface area contributed by atoms with Crippen LogP contribution in [0.1, 0.15) is 44.4 Å². The third-order valence-electron chi connectivity index (χ3n) is 5.81. The lowest BCUT2D eigenvalue weighted by molar-refractivity contribution is -0.143. The van der Waals surface area contributed by atoms with Crippen LogP contribution in [0.3, 0.4) is 0 Å². The summed E-state index contributed by atoms with van der Waals surface area (Å²) in [6, 6.07) is 10.5. The van der Waals surface area contributed by atoms with Gasteiger partial charge in [-0.2, -0.15) is 13.2 Å². The largest absolute Gasteiger partial charge is 0.494 e. The van der Waals surface area contributed by atoms with Gasteiger partial charge in [0.05, 0.1) is 16.8 Å². The first-order chi connectivity index (χ1) is 13.7. The van der Waals surface area contributed by atoms with Crippen LogP contribution >= 0.6 is 0 Å². The Morgan fingerprint density at radius 2 is 1.50 bits per heavy atom. The van der Waals surface area contributed by atoms with Crippen LogP contribution in [0.15, 0.2) is 48.5 Å². The van der Waals surface area contributed by atoms with E-state index >= 15 is 0 Å². The number of carbonyl (C=O) groups excluding carboxylic acids is 1. The number of primary amides is 1. The number of aliphatic hydroxyl groups is 1. The highest BCUT2D eigenvalue weighted by molar-refractivity contribution is 6.62. The zero-order valence-corrected chi connectivity index (χ0v) is 17.1. The Labute approximate surface area is 173 Å². The highest BCUT2D eigenvalue weighted by atomic mass is 19.4. The van der Waals surface area contributed by atoms with Crippen molar-refractivity contribution in [2.75, 3.05) is 0 Å². The lowest BCUT2D eigenvalue weighted by atomic mass is 9.75. The van der Waals surface area contributed by atoms with Gasteiger partial charge in [0.2, 0.25) is 0 Å². The van der Waals surface area contributed by atoms with E-state index < -0.39 is 47.1 Å². The molecule has 3 rings (SSSR count). The van der Waals surface area contributed by atoms with E-state index in [-0.39, 0.29) is 11.0 Å². The lowest BCUT2D eigenvalue weighted by Gasteiger charge is -2.32. The molecule has 0 spiro atoms. The second-order valence-corrected chi connectivity index (χ2v) is 8.33. The van der Waals surface area contributed by atoms with Crippen LogP contribution < -0.4 is 11.2 Å². The second-order valence-electron chi connectivity index (χ2n) is 8.33. The highest BCUT2D eigenvalue weighted by Gasteiger charge is 2.53. The van der Waals surface area contributed by atoms with Crippen LogP contribution in [0.2, 0.25) is 0 Å². The molecule has 30 heavy (non-hydrogen) atoms. The van der Waals surface area contributed by atoms with Gasteiger partial charge in [-0.15, -0.1) is 0 Å². The number of amides is 1. The van der Waals surface area contributed by atoms with E-state index in [1.165, 1.54) is 30.3 Å². The van der Waals surface area contributed by atoms with Crippen molar-refractivity contribution in [3.63, 3.8) is 0 Å². The molecule has 0 aromatic heterocycles. The number of alkyl halides is 3. The first kappa shape index (κ1) is 22.3. The molecule has 1 amide bonds. The zero-order chi connectivity index (χ0) is 22.5. The minimum Gasteiger partial charge on any atom is -0.399 e. The van der Waals surface area contributed by atoms with E-state index in [9.17, 15) is 23.1 Å². The summed E-state index contributed by atoms with van der Waals surface area (Å²) in [6.07, 6.45) is -4.87. The van der Waals surface area contributed by atoms with Gasteiger partial charge in [-0.05, 0) is 44.8 Å². The van der Waals surface area contributed by atoms with Crippen LogP contribution in [0.4, 0.5) is 13.2 Å². The predicted molar refractivity (Wildman–Crippen MR) is 106 cm³/mol. The fourth-order valence-electron chi connectivity index (χ4n) is 3.35. The third kappa shape index (κ3) is 3.61. The van der Waals surface area contributed by atoms with Crippen molar-refractivity contribution in [2.45, 2.75) is 50.7 Å². The smallest absolute Gasteiger partial charge is 0.399 e. The maximum atomic E-state index is 14.0. The first-order valence-corrected chi connectivity index (χ1v) is 9.35. The Hall–Kier alpha value is -2.36. The molecule has 0 radical (unpaired) electrons. The van der Waals surface area contributed by atoms with Gasteiger partial charge in [-0.25, -0.2) is 0 Å². The van der Waals surface area contributed by atoms with Gasteiger partial charge in [0.25, 0.3) is 5.91 Å². The maximum absolute atomic E-state index is 14.0. The quantitative estimate of drug-likeness (QED) is 0.745. The molecule has 0 saturated carbocycles. The highest BCUT2D eigenvalue weighted by Crippen LogP contribution is 2.41. The number of hydrogen-bond acceptors (Lipinski definition) is 4. The van der Waals surface area contributed by atoms with E-state index in [1.807, 2.05) is 0 Å². The Kier molecular flexibility index (Phi) is 5.29. The van der Waals surface area contributed by atoms with Gasteiger partial charge in [0.1, 0.15) is 0 Å². The van der Waals surface area contributed by atoms with E-state index in [4.69, 9.17) is 15.0 Å². The molecule has 1 saturated heterocycles. The number of benzene rings is 2. The number of halogens is 3. The maximum Gasteiger partial charge on any atom is 0.494 e. The number of hydrogen-bond donors (Lipinski definition) is 2. The zero-order valence-electron chi connectivity index (χ0n) is 17.1. The average Bonchev–Trinajstić information content (AvgIpc) is 2.88. The van der Waals surface area contributed by atoms with Crippen molar-refractivity contribution in [3.05, 3.63) is 65.2 Å². The summed E-state index contributed by atoms with van der Waals surface area (Å²) >= 11 is 0. The van der Waals surface area contributed by atoms with Crippen molar-refractivity contribution in [1.29, 1.82) is 0 Å². The molecule has 9 heteroatoms. The fourth-order valence-corrected chi connectivity index (χ4v) is 3.35. The third-order valence-corrected chi connectivity index (χ3v) is 5.81. The van der Waals surface area contributed by atoms with Crippen LogP contribution in [-0.2, 0) is 25.9 Å². The van der Waals surface area contributed by atoms with Crippen molar-refractivity contribution in [1.82, 2.24) is 0 Å². The Morgan fingerprint density at radius 1 is 0.967 bits per heavy atom. The van der Waals surface area contributed by atoms with Crippen LogP contribution in [0, 0.1) is 0 Å². The molecular weight excluding hydrogens is 398 g/mol. The normalized spacial score (nSPS) is 20.1. The molecule has 1 heterocycles. The molecule has 3 N–H and O–H groups in total. The molecule has 0 aliphatic carbocycles. The first-order valence-electron chi connectivity index (χ1n) is 9.35. The van der Waals surface area contributed by atoms with Gasteiger partial charge < -0.3 is 20.1 Å². The minimum absolute atomic E-state index is 0.0635. The molecular formula is C21H23BF3NO4. The molecule has 1 fully saturated rings. The molecule has 160 valence electrons. The molecule has 1 aliphatic rings. The average molecular weight is 421 g/mol. The number of rotatable bonds is 4. The SMILES string of the molecule is CC1(C)OB(c2ccc(C(O)(C(N)=O)c3ccccc3)c(C(F)(F)F)c2)OC1(C)C. The van der Waals surface area contributed by atoms with Gasteiger partial charge >= 0.3 is 13.3 Å². The summed E-state index contributed by atoms with van der Waals surface area (Å²) in [7, 11) is -1.04. The van der Waals surface area contributed by atoms with Crippen LogP contribution in [0.5, 0.6) is 0 Å². The lowest BCUT2D eigenvalue weighted by Crippen LogP contribution is -2.44. The Morgan fingerprint density at radius 3 is 1.97 bits per heavy atom. The summed E-state index contributed by atoms with van der Waals surface area (Å²) < 4.78 is 53.6. The molecule has 1 unspecified atom stereocenters. The van der Waals surface area contributed by atoms with Gasteiger partial charge in [0.15, 0.2) is 5.60 Å². The van der Waals surface area contributed by atoms with Crippen LogP contribution in [0.25, 0.3) is 0 Å². The molecule has 2 aromatic carbocycles. The molecule has 2 aromatic rings. The van der Waals surface area contributed by atoms with E-state index in [0.29, 0.717) is 0 Å². The monoisotopic (exact) mass is 421 g/mol. The minimum atomic E-state index is -4.87. The second kappa shape index (κ2) is 7.11. The summed E-state index contributed by atoms with van der Waals surface area (Å²) in [6.45, 7) is 7.14. The number of carbonyl (C=O) groups is 1. The van der Waals surface area contributed by atoms with E-state index in [0.717, 1.165) is 12.1 Å². The summed E-state index contributed by atoms with van der Waals surface area (Å²) in [5.41, 5.74) is -0.581. The summed E-state index contributed by atoms with van der Waals surface area (Å²) in [5, 5.41) is 11.1. The molecule has 1 aliphatic heterocycles. The summed E-state index contributed by atoms with van der Waals surface area (Å²) in [4.78, 5) is 12.2. The van der Waals surface area contributed by atoms with Crippen molar-refractivity contribution >= 4 is 18.5 Å². The Balaban J connectivity index is 2.17. The molecule has 5 nitrogen and oxygen atoms in total. The standard InChI is InChI=1S/C21H23BF3NO4/c1-18(2)19(3,4)30-22(29-18)14-10-11-15(16(12-14)21(23,24)25)20(28,17(26)27)13-8-6-5-7-9-13/h5-12,28H,1-4H3,(H2,26,27). The van der Waals surface area contributed by atoms with Crippen molar-refractivity contribution in [2.24, 2.45) is 5.73 Å². The van der Waals surface area contributed by atoms with Gasteiger partial charge in [0, 0.05) is 5.56 Å².